The van der Waals surface area contributed by atoms with Gasteiger partial charge in [-0.25, -0.2) is 4.98 Å². The molecule has 1 aromatic carbocycles. The predicted octanol–water partition coefficient (Wildman–Crippen LogP) is 5.35. The lowest BCUT2D eigenvalue weighted by atomic mass is 9.82. The van der Waals surface area contributed by atoms with E-state index in [1.807, 2.05) is 29.2 Å². The summed E-state index contributed by atoms with van der Waals surface area (Å²) in [6.45, 7) is 7.03. The van der Waals surface area contributed by atoms with E-state index in [0.29, 0.717) is 23.9 Å². The molecule has 0 unspecified atom stereocenters. The van der Waals surface area contributed by atoms with Crippen molar-refractivity contribution in [3.8, 4) is 16.9 Å². The van der Waals surface area contributed by atoms with Gasteiger partial charge in [0.15, 0.2) is 5.78 Å². The Morgan fingerprint density at radius 3 is 2.53 bits per heavy atom. The number of amidine groups is 1. The van der Waals surface area contributed by atoms with Gasteiger partial charge >= 0.3 is 0 Å². The Hall–Kier alpha value is -3.54. The van der Waals surface area contributed by atoms with Crippen LogP contribution in [-0.4, -0.2) is 40.1 Å². The monoisotopic (exact) mass is 454 g/mol. The molecule has 0 spiro atoms. The maximum atomic E-state index is 13.5. The van der Waals surface area contributed by atoms with Gasteiger partial charge in [0, 0.05) is 52.8 Å². The summed E-state index contributed by atoms with van der Waals surface area (Å²) in [5.74, 6) is 1.62. The number of carbonyl (C=O) groups excluding carboxylic acids is 1. The maximum Gasteiger partial charge on any atom is 0.182 e. The van der Waals surface area contributed by atoms with Gasteiger partial charge in [0.2, 0.25) is 0 Å². The number of hydrogen-bond donors (Lipinski definition) is 1. The third kappa shape index (κ3) is 4.09. The Bertz CT molecular complexity index is 1270. The molecule has 2 aromatic heterocycles. The van der Waals surface area contributed by atoms with Crippen LogP contribution in [0.3, 0.4) is 0 Å². The molecule has 2 aliphatic rings. The number of nitrogens with zero attached hydrogens (tertiary/aromatic N) is 3. The minimum atomic E-state index is -0.219. The largest absolute Gasteiger partial charge is 0.496 e. The lowest BCUT2D eigenvalue weighted by Crippen LogP contribution is -2.30. The van der Waals surface area contributed by atoms with Crippen molar-refractivity contribution in [1.82, 2.24) is 14.9 Å². The Balaban J connectivity index is 1.47. The highest BCUT2D eigenvalue weighted by atomic mass is 16.5. The van der Waals surface area contributed by atoms with Crippen molar-refractivity contribution in [3.05, 3.63) is 76.9 Å². The van der Waals surface area contributed by atoms with E-state index in [2.05, 4.69) is 37.9 Å². The summed E-state index contributed by atoms with van der Waals surface area (Å²) in [5.41, 5.74) is 6.01. The Morgan fingerprint density at radius 2 is 1.88 bits per heavy atom. The molecular weight excluding hydrogens is 424 g/mol. The average molecular weight is 455 g/mol. The Labute approximate surface area is 200 Å². The highest BCUT2D eigenvalue weighted by molar-refractivity contribution is 6.05. The summed E-state index contributed by atoms with van der Waals surface area (Å²) in [4.78, 5) is 24.2. The predicted molar refractivity (Wildman–Crippen MR) is 133 cm³/mol. The van der Waals surface area contributed by atoms with Gasteiger partial charge < -0.3 is 9.64 Å². The van der Waals surface area contributed by atoms with Crippen LogP contribution >= 0.6 is 0 Å². The van der Waals surface area contributed by atoms with Gasteiger partial charge in [-0.3, -0.25) is 15.2 Å². The Morgan fingerprint density at radius 1 is 1.15 bits per heavy atom. The van der Waals surface area contributed by atoms with E-state index in [9.17, 15) is 4.79 Å². The summed E-state index contributed by atoms with van der Waals surface area (Å²) in [7, 11) is 1.67. The van der Waals surface area contributed by atoms with E-state index >= 15 is 0 Å². The normalized spacial score (nSPS) is 15.4. The second-order valence-electron chi connectivity index (χ2n) is 10.2. The fourth-order valence-corrected chi connectivity index (χ4v) is 4.59. The van der Waals surface area contributed by atoms with Crippen molar-refractivity contribution in [2.45, 2.75) is 51.5 Å². The van der Waals surface area contributed by atoms with Gasteiger partial charge in [-0.2, -0.15) is 0 Å². The van der Waals surface area contributed by atoms with Crippen molar-refractivity contribution in [2.24, 2.45) is 0 Å². The fourth-order valence-electron chi connectivity index (χ4n) is 4.59. The molecule has 3 heterocycles. The number of ketones is 1. The van der Waals surface area contributed by atoms with Crippen LogP contribution in [0.25, 0.3) is 11.1 Å². The number of fused-ring (bicyclic) bond motifs is 1. The lowest BCUT2D eigenvalue weighted by Gasteiger charge is -2.25. The molecule has 0 radical (unpaired) electrons. The van der Waals surface area contributed by atoms with E-state index in [4.69, 9.17) is 15.1 Å². The number of pyridine rings is 2. The summed E-state index contributed by atoms with van der Waals surface area (Å²) in [6, 6.07) is 11.9. The number of aromatic nitrogens is 2. The number of hydrogen-bond acceptors (Lipinski definition) is 5. The van der Waals surface area contributed by atoms with E-state index < -0.39 is 0 Å². The highest BCUT2D eigenvalue weighted by Gasteiger charge is 2.32. The number of methoxy groups -OCH3 is 1. The van der Waals surface area contributed by atoms with Crippen LogP contribution in [-0.2, 0) is 12.0 Å². The number of benzene rings is 1. The summed E-state index contributed by atoms with van der Waals surface area (Å²) in [6.07, 6.45) is 5.83. The molecule has 6 heteroatoms. The molecule has 5 rings (SSSR count). The fraction of sp³-hybridized carbons (Fsp3) is 0.357. The molecule has 1 fully saturated rings. The highest BCUT2D eigenvalue weighted by Crippen LogP contribution is 2.41. The molecule has 0 atom stereocenters. The second-order valence-corrected chi connectivity index (χ2v) is 10.2. The van der Waals surface area contributed by atoms with Crippen LogP contribution in [0, 0.1) is 5.41 Å². The molecule has 1 saturated carbocycles. The first-order valence-corrected chi connectivity index (χ1v) is 11.8. The van der Waals surface area contributed by atoms with Gasteiger partial charge in [0.1, 0.15) is 17.3 Å². The first kappa shape index (κ1) is 22.3. The smallest absolute Gasteiger partial charge is 0.182 e. The van der Waals surface area contributed by atoms with E-state index in [1.54, 1.807) is 19.5 Å². The lowest BCUT2D eigenvalue weighted by molar-refractivity contribution is 0.0962. The van der Waals surface area contributed by atoms with Crippen LogP contribution in [0.5, 0.6) is 5.75 Å². The van der Waals surface area contributed by atoms with Crippen molar-refractivity contribution < 1.29 is 9.53 Å². The zero-order valence-electron chi connectivity index (χ0n) is 20.2. The number of ether oxygens (including phenoxy) is 1. The second kappa shape index (κ2) is 8.35. The topological polar surface area (TPSA) is 79.2 Å². The quantitative estimate of drug-likeness (QED) is 0.508. The van der Waals surface area contributed by atoms with Gasteiger partial charge in [-0.1, -0.05) is 26.8 Å². The SMILES string of the molecule is COc1c(-c2ccncc2)cc(C(=O)CN2Cc3ccc(C4CC4)nc3C2=N)cc1C(C)(C)C. The van der Waals surface area contributed by atoms with Gasteiger partial charge in [-0.05, 0) is 54.2 Å². The molecule has 0 saturated heterocycles. The van der Waals surface area contributed by atoms with Crippen LogP contribution in [0.4, 0.5) is 0 Å². The average Bonchev–Trinajstić information content (AvgIpc) is 3.63. The number of nitrogens with one attached hydrogen (secondary N) is 1. The van der Waals surface area contributed by atoms with Gasteiger partial charge in [-0.15, -0.1) is 0 Å². The van der Waals surface area contributed by atoms with E-state index in [0.717, 1.165) is 39.4 Å². The standard InChI is InChI=1S/C28H30N4O2/c1-28(2,3)22-14-20(13-21(26(22)34-4)17-9-11-30-12-10-17)24(33)16-32-15-19-7-8-23(18-5-6-18)31-25(19)27(32)29/h7-14,18,29H,5-6,15-16H2,1-4H3. The first-order valence-electron chi connectivity index (χ1n) is 11.8. The Kier molecular flexibility index (Phi) is 5.47. The number of rotatable bonds is 6. The molecule has 1 aliphatic heterocycles. The molecule has 174 valence electrons. The molecule has 34 heavy (non-hydrogen) atoms. The first-order chi connectivity index (χ1) is 16.3. The molecule has 6 nitrogen and oxygen atoms in total. The van der Waals surface area contributed by atoms with Crippen LogP contribution in [0.15, 0.2) is 48.8 Å². The van der Waals surface area contributed by atoms with Crippen LogP contribution in [0.2, 0.25) is 0 Å². The summed E-state index contributed by atoms with van der Waals surface area (Å²) < 4.78 is 5.84. The van der Waals surface area contributed by atoms with Gasteiger partial charge in [0.05, 0.1) is 13.7 Å². The molecule has 1 aliphatic carbocycles. The summed E-state index contributed by atoms with van der Waals surface area (Å²) in [5, 5.41) is 8.67. The molecule has 0 amide bonds. The van der Waals surface area contributed by atoms with Gasteiger partial charge in [0.25, 0.3) is 0 Å². The van der Waals surface area contributed by atoms with Crippen LogP contribution in [0.1, 0.15) is 72.4 Å². The minimum absolute atomic E-state index is 0.0246. The van der Waals surface area contributed by atoms with Crippen molar-refractivity contribution >= 4 is 11.6 Å². The van der Waals surface area contributed by atoms with E-state index in [1.165, 1.54) is 12.8 Å². The van der Waals surface area contributed by atoms with Crippen molar-refractivity contribution in [3.63, 3.8) is 0 Å². The zero-order valence-corrected chi connectivity index (χ0v) is 20.2. The third-order valence-corrected chi connectivity index (χ3v) is 6.65. The van der Waals surface area contributed by atoms with Crippen LogP contribution < -0.4 is 4.74 Å². The number of carbonyl (C=O) groups is 1. The van der Waals surface area contributed by atoms with Crippen molar-refractivity contribution in [1.29, 1.82) is 5.41 Å². The van der Waals surface area contributed by atoms with Crippen molar-refractivity contribution in [2.75, 3.05) is 13.7 Å². The maximum absolute atomic E-state index is 13.5. The molecular formula is C28H30N4O2. The zero-order chi connectivity index (χ0) is 24.0. The molecule has 3 aromatic rings. The molecule has 1 N–H and O–H groups in total. The summed E-state index contributed by atoms with van der Waals surface area (Å²) >= 11 is 0. The number of Topliss-reactive ketones (excluding diaryl/α,β-unsaturated/α-hetero) is 1. The van der Waals surface area contributed by atoms with E-state index in [-0.39, 0.29) is 17.7 Å². The molecule has 0 bridgehead atoms. The minimum Gasteiger partial charge on any atom is -0.496 e. The third-order valence-electron chi connectivity index (χ3n) is 6.65.